The number of fused-ring (bicyclic) bond motifs is 1. The van der Waals surface area contributed by atoms with Crippen LogP contribution in [0.3, 0.4) is 0 Å². The van der Waals surface area contributed by atoms with Crippen molar-refractivity contribution in [3.63, 3.8) is 0 Å². The van der Waals surface area contributed by atoms with Gasteiger partial charge in [-0.2, -0.15) is 13.2 Å². The Morgan fingerprint density at radius 1 is 1.12 bits per heavy atom. The molecule has 1 aromatic carbocycles. The molecule has 9 heteroatoms. The average Bonchev–Trinajstić information content (AvgIpc) is 2.67. The SMILES string of the molecule is CCCCOc1c(C(NC(=O)O)C(C)(C)C)n(CC(C)(C)C)c(=O)c2cc(C(F)(F)F)ccc12. The molecule has 2 aromatic rings. The van der Waals surface area contributed by atoms with E-state index in [0.29, 0.717) is 12.1 Å². The quantitative estimate of drug-likeness (QED) is 0.434. The molecule has 34 heavy (non-hydrogen) atoms. The third-order valence-corrected chi connectivity index (χ3v) is 5.37. The van der Waals surface area contributed by atoms with Crippen LogP contribution in [0.4, 0.5) is 18.0 Å². The Bertz CT molecular complexity index is 1090. The minimum absolute atomic E-state index is 0.114. The average molecular weight is 485 g/mol. The molecule has 190 valence electrons. The predicted octanol–water partition coefficient (Wildman–Crippen LogP) is 6.60. The highest BCUT2D eigenvalue weighted by Crippen LogP contribution is 2.42. The van der Waals surface area contributed by atoms with Crippen molar-refractivity contribution in [2.75, 3.05) is 6.61 Å². The molecule has 0 saturated carbocycles. The minimum Gasteiger partial charge on any atom is -0.491 e. The summed E-state index contributed by atoms with van der Waals surface area (Å²) in [4.78, 5) is 25.4. The summed E-state index contributed by atoms with van der Waals surface area (Å²) in [5, 5.41) is 12.2. The first-order chi connectivity index (χ1) is 15.5. The number of alkyl halides is 3. The lowest BCUT2D eigenvalue weighted by molar-refractivity contribution is -0.137. The van der Waals surface area contributed by atoms with Crippen molar-refractivity contribution in [3.8, 4) is 5.75 Å². The number of carboxylic acid groups (broad SMARTS) is 1. The largest absolute Gasteiger partial charge is 0.491 e. The number of amides is 1. The molecule has 2 rings (SSSR count). The number of hydrogen-bond donors (Lipinski definition) is 2. The number of ether oxygens (including phenoxy) is 1. The third-order valence-electron chi connectivity index (χ3n) is 5.37. The predicted molar refractivity (Wildman–Crippen MR) is 126 cm³/mol. The van der Waals surface area contributed by atoms with E-state index in [2.05, 4.69) is 5.32 Å². The van der Waals surface area contributed by atoms with E-state index in [-0.39, 0.29) is 29.7 Å². The van der Waals surface area contributed by atoms with Crippen LogP contribution in [0.25, 0.3) is 10.8 Å². The van der Waals surface area contributed by atoms with Crippen LogP contribution in [-0.4, -0.2) is 22.4 Å². The fourth-order valence-corrected chi connectivity index (χ4v) is 3.82. The first-order valence-corrected chi connectivity index (χ1v) is 11.4. The molecule has 1 aromatic heterocycles. The summed E-state index contributed by atoms with van der Waals surface area (Å²) in [6.07, 6.45) is -4.38. The summed E-state index contributed by atoms with van der Waals surface area (Å²) in [5.41, 5.74) is -2.33. The molecule has 0 aliphatic rings. The second kappa shape index (κ2) is 9.88. The number of benzene rings is 1. The maximum absolute atomic E-state index is 13.7. The van der Waals surface area contributed by atoms with Gasteiger partial charge in [-0.25, -0.2) is 4.79 Å². The molecule has 2 N–H and O–H groups in total. The van der Waals surface area contributed by atoms with Gasteiger partial charge in [-0.1, -0.05) is 54.9 Å². The molecular weight excluding hydrogens is 449 g/mol. The number of aromatic nitrogens is 1. The topological polar surface area (TPSA) is 80.6 Å². The van der Waals surface area contributed by atoms with Gasteiger partial charge in [0.2, 0.25) is 0 Å². The molecule has 0 spiro atoms. The zero-order valence-corrected chi connectivity index (χ0v) is 20.9. The smallest absolute Gasteiger partial charge is 0.416 e. The Balaban J connectivity index is 3.06. The van der Waals surface area contributed by atoms with Crippen LogP contribution < -0.4 is 15.6 Å². The fourth-order valence-electron chi connectivity index (χ4n) is 3.82. The van der Waals surface area contributed by atoms with Crippen molar-refractivity contribution in [2.45, 2.75) is 80.1 Å². The fraction of sp³-hybridized carbons (Fsp3) is 0.600. The molecule has 6 nitrogen and oxygen atoms in total. The van der Waals surface area contributed by atoms with Gasteiger partial charge in [0.1, 0.15) is 5.75 Å². The maximum atomic E-state index is 13.7. The summed E-state index contributed by atoms with van der Waals surface area (Å²) < 4.78 is 47.9. The number of hydrogen-bond acceptors (Lipinski definition) is 3. The Labute approximate surface area is 198 Å². The van der Waals surface area contributed by atoms with Crippen LogP contribution in [0.15, 0.2) is 23.0 Å². The number of unbranched alkanes of at least 4 members (excludes halogenated alkanes) is 1. The first kappa shape index (κ1) is 27.5. The Kier molecular flexibility index (Phi) is 8.00. The van der Waals surface area contributed by atoms with Gasteiger partial charge >= 0.3 is 12.3 Å². The minimum atomic E-state index is -4.61. The highest BCUT2D eigenvalue weighted by atomic mass is 19.4. The summed E-state index contributed by atoms with van der Waals surface area (Å²) in [6.45, 7) is 13.6. The van der Waals surface area contributed by atoms with Crippen LogP contribution in [0, 0.1) is 10.8 Å². The number of nitrogens with one attached hydrogen (secondary N) is 1. The summed E-state index contributed by atoms with van der Waals surface area (Å²) in [5.74, 6) is 0.231. The third kappa shape index (κ3) is 6.45. The van der Waals surface area contributed by atoms with Crippen LogP contribution in [0.5, 0.6) is 5.75 Å². The number of nitrogens with zero attached hydrogens (tertiary/aromatic N) is 1. The highest BCUT2D eigenvalue weighted by molar-refractivity contribution is 5.89. The lowest BCUT2D eigenvalue weighted by Gasteiger charge is -2.35. The summed E-state index contributed by atoms with van der Waals surface area (Å²) >= 11 is 0. The Hall–Kier alpha value is -2.71. The Morgan fingerprint density at radius 2 is 1.74 bits per heavy atom. The van der Waals surface area contributed by atoms with Gasteiger partial charge in [-0.15, -0.1) is 0 Å². The van der Waals surface area contributed by atoms with Gasteiger partial charge in [-0.05, 0) is 35.4 Å². The number of halogens is 3. The maximum Gasteiger partial charge on any atom is 0.416 e. The van der Waals surface area contributed by atoms with E-state index in [9.17, 15) is 27.9 Å². The normalized spacial score (nSPS) is 13.7. The zero-order chi connectivity index (χ0) is 26.1. The lowest BCUT2D eigenvalue weighted by Crippen LogP contribution is -2.41. The number of rotatable bonds is 7. The Morgan fingerprint density at radius 3 is 2.21 bits per heavy atom. The van der Waals surface area contributed by atoms with E-state index < -0.39 is 40.3 Å². The van der Waals surface area contributed by atoms with E-state index in [1.165, 1.54) is 10.6 Å². The molecule has 1 unspecified atom stereocenters. The molecule has 0 fully saturated rings. The molecule has 0 bridgehead atoms. The van der Waals surface area contributed by atoms with Gasteiger partial charge in [0.15, 0.2) is 0 Å². The molecule has 0 saturated heterocycles. The van der Waals surface area contributed by atoms with Gasteiger partial charge < -0.3 is 19.7 Å². The van der Waals surface area contributed by atoms with Crippen LogP contribution in [0.1, 0.15) is 78.6 Å². The van der Waals surface area contributed by atoms with Gasteiger partial charge in [0.05, 0.1) is 29.3 Å². The van der Waals surface area contributed by atoms with E-state index in [4.69, 9.17) is 4.74 Å². The van der Waals surface area contributed by atoms with Gasteiger partial charge in [0, 0.05) is 11.9 Å². The highest BCUT2D eigenvalue weighted by Gasteiger charge is 2.37. The van der Waals surface area contributed by atoms with Crippen molar-refractivity contribution in [1.29, 1.82) is 0 Å². The molecule has 1 atom stereocenters. The molecule has 1 heterocycles. The zero-order valence-electron chi connectivity index (χ0n) is 20.9. The molecule has 0 aliphatic heterocycles. The van der Waals surface area contributed by atoms with Crippen molar-refractivity contribution in [2.24, 2.45) is 10.8 Å². The van der Waals surface area contributed by atoms with Crippen molar-refractivity contribution < 1.29 is 27.8 Å². The molecule has 1 amide bonds. The van der Waals surface area contributed by atoms with Crippen molar-refractivity contribution >= 4 is 16.9 Å². The number of pyridine rings is 1. The van der Waals surface area contributed by atoms with Crippen LogP contribution in [-0.2, 0) is 12.7 Å². The molecule has 0 radical (unpaired) electrons. The van der Waals surface area contributed by atoms with Crippen LogP contribution >= 0.6 is 0 Å². The second-order valence-corrected chi connectivity index (χ2v) is 10.9. The van der Waals surface area contributed by atoms with Gasteiger partial charge in [0.25, 0.3) is 5.56 Å². The standard InChI is InChI=1S/C25H35F3N2O4/c1-8-9-12-34-19-16-11-10-15(25(26,27)28)13-17(16)21(31)30(14-23(2,3)4)18(19)20(24(5,6)7)29-22(32)33/h10-11,13,20,29H,8-9,12,14H2,1-7H3,(H,32,33). The number of carbonyl (C=O) groups is 1. The van der Waals surface area contributed by atoms with E-state index >= 15 is 0 Å². The molecular formula is C25H35F3N2O4. The first-order valence-electron chi connectivity index (χ1n) is 11.4. The van der Waals surface area contributed by atoms with E-state index in [1.807, 2.05) is 48.5 Å². The lowest BCUT2D eigenvalue weighted by atomic mass is 9.83. The molecule has 0 aliphatic carbocycles. The summed E-state index contributed by atoms with van der Waals surface area (Å²) in [7, 11) is 0. The summed E-state index contributed by atoms with van der Waals surface area (Å²) in [6, 6.07) is 2.16. The van der Waals surface area contributed by atoms with Crippen molar-refractivity contribution in [1.82, 2.24) is 9.88 Å². The van der Waals surface area contributed by atoms with Gasteiger partial charge in [-0.3, -0.25) is 4.79 Å². The van der Waals surface area contributed by atoms with Crippen LogP contribution in [0.2, 0.25) is 0 Å². The van der Waals surface area contributed by atoms with E-state index in [1.54, 1.807) is 0 Å². The van der Waals surface area contributed by atoms with Crippen molar-refractivity contribution in [3.05, 3.63) is 39.8 Å². The van der Waals surface area contributed by atoms with E-state index in [0.717, 1.165) is 18.6 Å². The second-order valence-electron chi connectivity index (χ2n) is 10.9. The monoisotopic (exact) mass is 484 g/mol.